The van der Waals surface area contributed by atoms with Crippen molar-refractivity contribution in [1.82, 2.24) is 0 Å². The summed E-state index contributed by atoms with van der Waals surface area (Å²) in [6.45, 7) is 2.25. The van der Waals surface area contributed by atoms with Crippen molar-refractivity contribution < 1.29 is 19.4 Å². The summed E-state index contributed by atoms with van der Waals surface area (Å²) < 4.78 is 5.35. The van der Waals surface area contributed by atoms with Crippen molar-refractivity contribution >= 4 is 11.6 Å². The second kappa shape index (κ2) is 12.5. The van der Waals surface area contributed by atoms with Gasteiger partial charge >= 0.3 is 0 Å². The summed E-state index contributed by atoms with van der Waals surface area (Å²) in [6, 6.07) is 13.6. The van der Waals surface area contributed by atoms with Gasteiger partial charge in [-0.15, -0.1) is 5.92 Å². The highest BCUT2D eigenvalue weighted by Crippen LogP contribution is 2.46. The van der Waals surface area contributed by atoms with Crippen LogP contribution in [0, 0.1) is 23.2 Å². The van der Waals surface area contributed by atoms with Crippen LogP contribution in [0.15, 0.2) is 42.5 Å². The van der Waals surface area contributed by atoms with E-state index in [1.807, 2.05) is 30.3 Å². The van der Waals surface area contributed by atoms with Crippen molar-refractivity contribution in [3.8, 4) is 23.3 Å². The van der Waals surface area contributed by atoms with E-state index in [4.69, 9.17) is 4.74 Å². The Labute approximate surface area is 221 Å². The zero-order valence-electron chi connectivity index (χ0n) is 22.4. The number of Topliss-reactive ketones (excluding diaryl/α,β-unsaturated/α-hetero) is 2. The first-order valence-electron chi connectivity index (χ1n) is 13.9. The predicted molar refractivity (Wildman–Crippen MR) is 147 cm³/mol. The molecule has 0 spiro atoms. The normalized spacial score (nSPS) is 21.8. The lowest BCUT2D eigenvalue weighted by atomic mass is 9.75. The van der Waals surface area contributed by atoms with Gasteiger partial charge in [0.25, 0.3) is 0 Å². The maximum absolute atomic E-state index is 13.3. The second-order valence-electron chi connectivity index (χ2n) is 11.0. The lowest BCUT2D eigenvalue weighted by molar-refractivity contribution is -0.129. The Balaban J connectivity index is 1.68. The van der Waals surface area contributed by atoms with Gasteiger partial charge in [-0.05, 0) is 72.8 Å². The van der Waals surface area contributed by atoms with E-state index in [1.54, 1.807) is 12.1 Å². The van der Waals surface area contributed by atoms with E-state index in [9.17, 15) is 14.7 Å². The Morgan fingerprint density at radius 1 is 1.05 bits per heavy atom. The van der Waals surface area contributed by atoms with Gasteiger partial charge in [-0.2, -0.15) is 0 Å². The highest BCUT2D eigenvalue weighted by Gasteiger charge is 2.34. The number of fused-ring (bicyclic) bond motifs is 1. The van der Waals surface area contributed by atoms with Crippen LogP contribution < -0.4 is 4.74 Å². The molecule has 1 fully saturated rings. The third-order valence-electron chi connectivity index (χ3n) is 8.45. The maximum Gasteiger partial charge on any atom is 0.160 e. The molecular formula is C33H40O4. The van der Waals surface area contributed by atoms with Crippen LogP contribution >= 0.6 is 0 Å². The molecule has 2 atom stereocenters. The van der Waals surface area contributed by atoms with Gasteiger partial charge in [0.2, 0.25) is 0 Å². The SMILES string of the molecule is CCCC1(CC[C@H]2CC#C[C@@H](c3ccccc3)c3cc(O)c(OC)cc3CCC(=O)CC2=O)CCCC1. The third kappa shape index (κ3) is 6.63. The molecule has 4 heteroatoms. The molecule has 0 aliphatic heterocycles. The monoisotopic (exact) mass is 500 g/mol. The highest BCUT2D eigenvalue weighted by atomic mass is 16.5. The molecule has 0 heterocycles. The fraction of sp³-hybridized carbons (Fsp3) is 0.515. The smallest absolute Gasteiger partial charge is 0.160 e. The number of phenolic OH excluding ortho intramolecular Hbond substituents is 1. The summed E-state index contributed by atoms with van der Waals surface area (Å²) in [4.78, 5) is 26.2. The molecule has 0 unspecified atom stereocenters. The standard InChI is InChI=1S/C33H40O4/c1-3-17-33(18-7-8-19-33)20-16-25-12-9-13-28(24-10-5-4-6-11-24)29-23-31(36)32(37-2)21-26(29)14-15-27(34)22-30(25)35/h4-6,10-11,21,23,25,28,36H,3,7-8,12,14-20,22H2,1-2H3/t25-,28+/m1/s1. The number of hydrogen-bond acceptors (Lipinski definition) is 4. The van der Waals surface area contributed by atoms with Gasteiger partial charge in [-0.25, -0.2) is 0 Å². The summed E-state index contributed by atoms with van der Waals surface area (Å²) in [5, 5.41) is 10.6. The second-order valence-corrected chi connectivity index (χ2v) is 11.0. The lowest BCUT2D eigenvalue weighted by Gasteiger charge is -2.30. The molecular weight excluding hydrogens is 460 g/mol. The molecule has 2 aromatic carbocycles. The number of benzene rings is 2. The van der Waals surface area contributed by atoms with Crippen molar-refractivity contribution in [3.05, 3.63) is 59.2 Å². The molecule has 4 nitrogen and oxygen atoms in total. The van der Waals surface area contributed by atoms with E-state index in [0.29, 0.717) is 24.0 Å². The Morgan fingerprint density at radius 3 is 2.51 bits per heavy atom. The first-order chi connectivity index (χ1) is 17.9. The molecule has 2 aromatic rings. The molecule has 2 aliphatic carbocycles. The molecule has 196 valence electrons. The van der Waals surface area contributed by atoms with E-state index >= 15 is 0 Å². The zero-order chi connectivity index (χ0) is 26.3. The van der Waals surface area contributed by atoms with Crippen molar-refractivity contribution in [2.75, 3.05) is 7.11 Å². The highest BCUT2D eigenvalue weighted by molar-refractivity contribution is 6.00. The Kier molecular flexibility index (Phi) is 9.09. The van der Waals surface area contributed by atoms with Gasteiger partial charge < -0.3 is 9.84 Å². The van der Waals surface area contributed by atoms with E-state index in [2.05, 4.69) is 18.8 Å². The molecule has 0 saturated heterocycles. The van der Waals surface area contributed by atoms with Crippen LogP contribution in [0.2, 0.25) is 0 Å². The van der Waals surface area contributed by atoms with Gasteiger partial charge in [0, 0.05) is 18.8 Å². The first-order valence-corrected chi connectivity index (χ1v) is 13.9. The Morgan fingerprint density at radius 2 is 1.81 bits per heavy atom. The molecule has 0 aromatic heterocycles. The average molecular weight is 501 g/mol. The number of hydrogen-bond donors (Lipinski definition) is 1. The number of ketones is 2. The van der Waals surface area contributed by atoms with Gasteiger partial charge in [0.15, 0.2) is 11.5 Å². The van der Waals surface area contributed by atoms with Crippen LogP contribution in [0.5, 0.6) is 11.5 Å². The quantitative estimate of drug-likeness (QED) is 0.324. The average Bonchev–Trinajstić information content (AvgIpc) is 3.36. The largest absolute Gasteiger partial charge is 0.504 e. The fourth-order valence-electron chi connectivity index (χ4n) is 6.38. The number of aryl methyl sites for hydroxylation is 1. The van der Waals surface area contributed by atoms with Crippen LogP contribution in [0.4, 0.5) is 0 Å². The number of methoxy groups -OCH3 is 1. The number of aromatic hydroxyl groups is 1. The lowest BCUT2D eigenvalue weighted by Crippen LogP contribution is -2.23. The number of phenols is 1. The number of ether oxygens (including phenoxy) is 1. The summed E-state index contributed by atoms with van der Waals surface area (Å²) >= 11 is 0. The molecule has 37 heavy (non-hydrogen) atoms. The number of rotatable bonds is 7. The molecule has 0 radical (unpaired) electrons. The number of carbonyl (C=O) groups excluding carboxylic acids is 2. The maximum atomic E-state index is 13.3. The topological polar surface area (TPSA) is 63.6 Å². The van der Waals surface area contributed by atoms with Gasteiger partial charge in [-0.3, -0.25) is 9.59 Å². The third-order valence-corrected chi connectivity index (χ3v) is 8.45. The van der Waals surface area contributed by atoms with Crippen LogP contribution in [0.1, 0.15) is 100 Å². The molecule has 0 amide bonds. The molecule has 2 aliphatic rings. The fourth-order valence-corrected chi connectivity index (χ4v) is 6.38. The Bertz CT molecular complexity index is 1150. The number of carbonyl (C=O) groups is 2. The summed E-state index contributed by atoms with van der Waals surface area (Å²) in [6.07, 6.45) is 10.6. The first kappa shape index (κ1) is 27.0. The minimum absolute atomic E-state index is 0.0141. The molecule has 1 saturated carbocycles. The molecule has 0 bridgehead atoms. The molecule has 1 N–H and O–H groups in total. The van der Waals surface area contributed by atoms with E-state index < -0.39 is 0 Å². The van der Waals surface area contributed by atoms with E-state index in [1.165, 1.54) is 45.6 Å². The summed E-state index contributed by atoms with van der Waals surface area (Å²) in [5.41, 5.74) is 3.19. The molecule has 4 rings (SSSR count). The van der Waals surface area contributed by atoms with E-state index in [-0.39, 0.29) is 42.0 Å². The Hall–Kier alpha value is -3.06. The van der Waals surface area contributed by atoms with Crippen molar-refractivity contribution in [2.24, 2.45) is 11.3 Å². The van der Waals surface area contributed by atoms with Crippen molar-refractivity contribution in [1.29, 1.82) is 0 Å². The van der Waals surface area contributed by atoms with Crippen molar-refractivity contribution in [3.63, 3.8) is 0 Å². The van der Waals surface area contributed by atoms with Gasteiger partial charge in [0.1, 0.15) is 11.6 Å². The van der Waals surface area contributed by atoms with E-state index in [0.717, 1.165) is 29.5 Å². The van der Waals surface area contributed by atoms with Crippen LogP contribution in [-0.4, -0.2) is 23.8 Å². The predicted octanol–water partition coefficient (Wildman–Crippen LogP) is 7.16. The summed E-state index contributed by atoms with van der Waals surface area (Å²) in [7, 11) is 1.52. The van der Waals surface area contributed by atoms with Crippen LogP contribution in [0.3, 0.4) is 0 Å². The van der Waals surface area contributed by atoms with Crippen LogP contribution in [0.25, 0.3) is 0 Å². The van der Waals surface area contributed by atoms with Gasteiger partial charge in [-0.1, -0.05) is 62.4 Å². The van der Waals surface area contributed by atoms with Crippen molar-refractivity contribution in [2.45, 2.75) is 89.9 Å². The zero-order valence-corrected chi connectivity index (χ0v) is 22.4. The van der Waals surface area contributed by atoms with Gasteiger partial charge in [0.05, 0.1) is 19.4 Å². The van der Waals surface area contributed by atoms with Crippen LogP contribution in [-0.2, 0) is 16.0 Å². The summed E-state index contributed by atoms with van der Waals surface area (Å²) in [5.74, 6) is 6.81. The minimum Gasteiger partial charge on any atom is -0.504 e. The minimum atomic E-state index is -0.264.